The Morgan fingerprint density at radius 2 is 1.97 bits per heavy atom. The molecule has 0 aliphatic heterocycles. The molecule has 0 spiro atoms. The molecule has 1 aromatic rings. The molecule has 3 rings (SSSR count). The first kappa shape index (κ1) is 20.6. The first-order valence-corrected chi connectivity index (χ1v) is 8.99. The van der Waals surface area contributed by atoms with Crippen molar-refractivity contribution in [3.8, 4) is 0 Å². The summed E-state index contributed by atoms with van der Waals surface area (Å²) >= 11 is 0. The summed E-state index contributed by atoms with van der Waals surface area (Å²) < 4.78 is 43.9. The van der Waals surface area contributed by atoms with Gasteiger partial charge in [-0.2, -0.15) is 18.3 Å². The maximum Gasteiger partial charge on any atom is 0.416 e. The van der Waals surface area contributed by atoms with E-state index in [0.29, 0.717) is 12.0 Å². The summed E-state index contributed by atoms with van der Waals surface area (Å²) in [5.41, 5.74) is 2.47. The zero-order valence-electron chi connectivity index (χ0n) is 15.8. The monoisotopic (exact) mass is 404 g/mol. The van der Waals surface area contributed by atoms with Crippen molar-refractivity contribution in [1.29, 1.82) is 0 Å². The van der Waals surface area contributed by atoms with Gasteiger partial charge in [0.1, 0.15) is 11.3 Å². The zero-order valence-corrected chi connectivity index (χ0v) is 15.8. The highest BCUT2D eigenvalue weighted by atomic mass is 19.4. The quantitative estimate of drug-likeness (QED) is 0.467. The number of ketones is 1. The molecule has 0 aromatic heterocycles. The number of rotatable bonds is 4. The highest BCUT2D eigenvalue weighted by molar-refractivity contribution is 6.52. The molecule has 0 saturated carbocycles. The van der Waals surface area contributed by atoms with Gasteiger partial charge in [0.15, 0.2) is 0 Å². The minimum atomic E-state index is -4.50. The fraction of sp³-hybridized carbons (Fsp3) is 0.286. The molecule has 0 fully saturated rings. The molecule has 2 aliphatic carbocycles. The molecule has 2 atom stereocenters. The largest absolute Gasteiger partial charge is 0.465 e. The van der Waals surface area contributed by atoms with E-state index in [1.54, 1.807) is 25.2 Å². The molecule has 8 heteroatoms. The molecule has 1 N–H and O–H groups in total. The van der Waals surface area contributed by atoms with Crippen molar-refractivity contribution in [1.82, 2.24) is 0 Å². The smallest absolute Gasteiger partial charge is 0.416 e. The first-order valence-electron chi connectivity index (χ1n) is 8.99. The van der Waals surface area contributed by atoms with E-state index in [0.717, 1.165) is 12.1 Å². The van der Waals surface area contributed by atoms with Gasteiger partial charge >= 0.3 is 12.1 Å². The Balaban J connectivity index is 2.00. The fourth-order valence-corrected chi connectivity index (χ4v) is 3.30. The van der Waals surface area contributed by atoms with Gasteiger partial charge in [0, 0.05) is 11.8 Å². The molecule has 1 aromatic carbocycles. The molecule has 5 nitrogen and oxygen atoms in total. The second-order valence-corrected chi connectivity index (χ2v) is 6.61. The van der Waals surface area contributed by atoms with Gasteiger partial charge in [0.2, 0.25) is 5.78 Å². The number of benzene rings is 1. The number of allylic oxidation sites excluding steroid dienone is 5. The van der Waals surface area contributed by atoms with E-state index in [1.165, 1.54) is 19.3 Å². The number of carbonyl (C=O) groups is 2. The zero-order chi connectivity index (χ0) is 21.2. The van der Waals surface area contributed by atoms with E-state index < -0.39 is 29.4 Å². The number of halogens is 3. The first-order chi connectivity index (χ1) is 13.8. The number of nitrogens with one attached hydrogen (secondary N) is 1. The highest BCUT2D eigenvalue weighted by Gasteiger charge is 2.38. The highest BCUT2D eigenvalue weighted by Crippen LogP contribution is 2.33. The summed E-state index contributed by atoms with van der Waals surface area (Å²) in [6.07, 6.45) is 4.62. The van der Waals surface area contributed by atoms with E-state index in [4.69, 9.17) is 0 Å². The summed E-state index contributed by atoms with van der Waals surface area (Å²) in [4.78, 5) is 24.8. The van der Waals surface area contributed by atoms with E-state index in [2.05, 4.69) is 15.3 Å². The SMILES string of the molecule is CCc1ccc(C(F)(F)F)cc1N/N=C1/C(=O)C(C(=O)OC)=CC2C=CC=CC12. The maximum absolute atomic E-state index is 13.1. The van der Waals surface area contributed by atoms with Crippen molar-refractivity contribution in [2.45, 2.75) is 19.5 Å². The number of esters is 1. The van der Waals surface area contributed by atoms with Crippen LogP contribution in [0.25, 0.3) is 0 Å². The lowest BCUT2D eigenvalue weighted by molar-refractivity contribution is -0.138. The summed E-state index contributed by atoms with van der Waals surface area (Å²) in [6.45, 7) is 1.80. The fourth-order valence-electron chi connectivity index (χ4n) is 3.30. The lowest BCUT2D eigenvalue weighted by Crippen LogP contribution is -2.37. The van der Waals surface area contributed by atoms with Crippen LogP contribution in [-0.4, -0.2) is 24.6 Å². The van der Waals surface area contributed by atoms with Crippen LogP contribution >= 0.6 is 0 Å². The van der Waals surface area contributed by atoms with Crippen LogP contribution in [0.5, 0.6) is 0 Å². The van der Waals surface area contributed by atoms with Gasteiger partial charge in [0.25, 0.3) is 0 Å². The second-order valence-electron chi connectivity index (χ2n) is 6.61. The van der Waals surface area contributed by atoms with Gasteiger partial charge in [-0.15, -0.1) is 0 Å². The molecule has 0 radical (unpaired) electrons. The van der Waals surface area contributed by atoms with Gasteiger partial charge < -0.3 is 4.74 Å². The number of anilines is 1. The second kappa shape index (κ2) is 8.06. The average molecular weight is 404 g/mol. The van der Waals surface area contributed by atoms with E-state index in [1.807, 2.05) is 6.08 Å². The number of methoxy groups -OCH3 is 1. The van der Waals surface area contributed by atoms with Crippen molar-refractivity contribution in [2.75, 3.05) is 12.5 Å². The normalized spacial score (nSPS) is 22.3. The minimum absolute atomic E-state index is 0.0398. The van der Waals surface area contributed by atoms with Gasteiger partial charge in [-0.05, 0) is 24.1 Å². The number of aryl methyl sites for hydroxylation is 1. The van der Waals surface area contributed by atoms with Crippen molar-refractivity contribution >= 4 is 23.2 Å². The van der Waals surface area contributed by atoms with Crippen LogP contribution in [0.2, 0.25) is 0 Å². The Labute approximate surface area is 165 Å². The molecule has 0 amide bonds. The Morgan fingerprint density at radius 3 is 2.62 bits per heavy atom. The Hall–Kier alpha value is -3.16. The number of fused-ring (bicyclic) bond motifs is 1. The number of alkyl halides is 3. The number of Topliss-reactive ketones (excluding diaryl/α,β-unsaturated/α-hetero) is 1. The Morgan fingerprint density at radius 1 is 1.24 bits per heavy atom. The standard InChI is InChI=1S/C21H19F3N2O3/c1-3-12-8-9-14(21(22,23)24)11-17(12)25-26-18-15-7-5-4-6-13(15)10-16(19(18)27)20(28)29-2/h4-11,13,15,25H,3H2,1-2H3/b26-18+. The van der Waals surface area contributed by atoms with E-state index in [9.17, 15) is 22.8 Å². The third-order valence-corrected chi connectivity index (χ3v) is 4.85. The van der Waals surface area contributed by atoms with E-state index >= 15 is 0 Å². The van der Waals surface area contributed by atoms with Crippen LogP contribution in [-0.2, 0) is 26.9 Å². The predicted molar refractivity (Wildman–Crippen MR) is 102 cm³/mol. The van der Waals surface area contributed by atoms with Gasteiger partial charge in [-0.25, -0.2) is 4.79 Å². The minimum Gasteiger partial charge on any atom is -0.465 e. The third-order valence-electron chi connectivity index (χ3n) is 4.85. The molecule has 0 heterocycles. The lowest BCUT2D eigenvalue weighted by Gasteiger charge is -2.27. The molecular formula is C21H19F3N2O3. The summed E-state index contributed by atoms with van der Waals surface area (Å²) in [7, 11) is 1.17. The maximum atomic E-state index is 13.1. The van der Waals surface area contributed by atoms with Crippen molar-refractivity contribution in [3.05, 3.63) is 65.3 Å². The number of hydrogen-bond acceptors (Lipinski definition) is 5. The molecule has 2 aliphatic rings. The Bertz CT molecular complexity index is 958. The van der Waals surface area contributed by atoms with Crippen LogP contribution in [0.1, 0.15) is 18.1 Å². The molecule has 0 saturated heterocycles. The van der Waals surface area contributed by atoms with Crippen LogP contribution in [0.4, 0.5) is 18.9 Å². The van der Waals surface area contributed by atoms with Crippen LogP contribution in [0.3, 0.4) is 0 Å². The predicted octanol–water partition coefficient (Wildman–Crippen LogP) is 4.08. The number of ether oxygens (including phenoxy) is 1. The third kappa shape index (κ3) is 4.16. The Kier molecular flexibility index (Phi) is 5.72. The van der Waals surface area contributed by atoms with E-state index in [-0.39, 0.29) is 22.9 Å². The molecule has 2 unspecified atom stereocenters. The number of hydrogen-bond donors (Lipinski definition) is 1. The summed E-state index contributed by atoms with van der Waals surface area (Å²) in [5.74, 6) is -2.10. The van der Waals surface area contributed by atoms with Gasteiger partial charge in [-0.1, -0.05) is 43.4 Å². The molecular weight excluding hydrogens is 385 g/mol. The van der Waals surface area contributed by atoms with Crippen molar-refractivity contribution in [3.63, 3.8) is 0 Å². The van der Waals surface area contributed by atoms with Crippen molar-refractivity contribution in [2.24, 2.45) is 16.9 Å². The number of hydrazone groups is 1. The number of nitrogens with zero attached hydrogens (tertiary/aromatic N) is 1. The topological polar surface area (TPSA) is 67.8 Å². The molecule has 152 valence electrons. The number of carbonyl (C=O) groups excluding carboxylic acids is 2. The average Bonchev–Trinajstić information content (AvgIpc) is 2.71. The van der Waals surface area contributed by atoms with Gasteiger partial charge in [-0.3, -0.25) is 10.2 Å². The summed E-state index contributed by atoms with van der Waals surface area (Å²) in [6, 6.07) is 3.34. The van der Waals surface area contributed by atoms with Crippen molar-refractivity contribution < 1.29 is 27.5 Å². The van der Waals surface area contributed by atoms with Crippen LogP contribution in [0.15, 0.2) is 59.3 Å². The van der Waals surface area contributed by atoms with Crippen LogP contribution < -0.4 is 5.43 Å². The molecule has 29 heavy (non-hydrogen) atoms. The molecule has 0 bridgehead atoms. The van der Waals surface area contributed by atoms with Gasteiger partial charge in [0.05, 0.1) is 18.4 Å². The van der Waals surface area contributed by atoms with Crippen LogP contribution in [0, 0.1) is 11.8 Å². The summed E-state index contributed by atoms with van der Waals surface area (Å²) in [5, 5.41) is 4.13. The lowest BCUT2D eigenvalue weighted by atomic mass is 9.76.